The van der Waals surface area contributed by atoms with E-state index in [0.717, 1.165) is 19.0 Å². The lowest BCUT2D eigenvalue weighted by Crippen LogP contribution is -2.32. The number of hydrogen-bond donors (Lipinski definition) is 1. The fourth-order valence-corrected chi connectivity index (χ4v) is 2.26. The van der Waals surface area contributed by atoms with Crippen molar-refractivity contribution >= 4 is 16.9 Å². The Morgan fingerprint density at radius 2 is 2.31 bits per heavy atom. The van der Waals surface area contributed by atoms with Gasteiger partial charge < -0.3 is 5.32 Å². The average Bonchev–Trinajstić information content (AvgIpc) is 2.86. The van der Waals surface area contributed by atoms with Crippen LogP contribution < -0.4 is 5.32 Å². The fourth-order valence-electron chi connectivity index (χ4n) is 1.30. The first kappa shape index (κ1) is 9.38. The molecule has 74 valence electrons. The highest BCUT2D eigenvalue weighted by Gasteiger charge is 2.25. The molecule has 0 radical (unpaired) electrons. The molecule has 0 amide bonds. The molecule has 1 saturated carbocycles. The summed E-state index contributed by atoms with van der Waals surface area (Å²) < 4.78 is 0. The minimum absolute atomic E-state index is 0.398. The summed E-state index contributed by atoms with van der Waals surface area (Å²) in [6.07, 6.45) is 2.83. The van der Waals surface area contributed by atoms with Gasteiger partial charge in [-0.05, 0) is 24.2 Å². The van der Waals surface area contributed by atoms with Gasteiger partial charge in [0.1, 0.15) is 0 Å². The van der Waals surface area contributed by atoms with Gasteiger partial charge in [0.2, 0.25) is 0 Å². The van der Waals surface area contributed by atoms with Gasteiger partial charge in [0, 0.05) is 18.8 Å². The molecule has 0 unspecified atom stereocenters. The summed E-state index contributed by atoms with van der Waals surface area (Å²) in [5, 5.41) is 4.61. The SMILES string of the molecule is CC1(C)CN=C(NCC2CC2)SC1. The molecule has 0 aromatic rings. The van der Waals surface area contributed by atoms with Gasteiger partial charge in [0.15, 0.2) is 5.17 Å². The summed E-state index contributed by atoms with van der Waals surface area (Å²) in [4.78, 5) is 4.55. The second-order valence-corrected chi connectivity index (χ2v) is 5.86. The maximum absolute atomic E-state index is 4.55. The Morgan fingerprint density at radius 3 is 2.85 bits per heavy atom. The van der Waals surface area contributed by atoms with Gasteiger partial charge in [0.05, 0.1) is 0 Å². The van der Waals surface area contributed by atoms with E-state index in [4.69, 9.17) is 0 Å². The zero-order valence-corrected chi connectivity index (χ0v) is 9.28. The summed E-state index contributed by atoms with van der Waals surface area (Å²) in [7, 11) is 0. The van der Waals surface area contributed by atoms with E-state index < -0.39 is 0 Å². The van der Waals surface area contributed by atoms with Crippen molar-refractivity contribution in [2.45, 2.75) is 26.7 Å². The lowest BCUT2D eigenvalue weighted by atomic mass is 9.97. The molecule has 1 fully saturated rings. The number of aliphatic imine (C=N–C) groups is 1. The highest BCUT2D eigenvalue weighted by atomic mass is 32.2. The highest BCUT2D eigenvalue weighted by Crippen LogP contribution is 2.29. The Kier molecular flexibility index (Phi) is 2.54. The number of hydrogen-bond acceptors (Lipinski definition) is 3. The van der Waals surface area contributed by atoms with Crippen molar-refractivity contribution in [2.75, 3.05) is 18.8 Å². The van der Waals surface area contributed by atoms with Gasteiger partial charge in [-0.1, -0.05) is 25.6 Å². The quantitative estimate of drug-likeness (QED) is 0.735. The molecule has 1 aliphatic heterocycles. The van der Waals surface area contributed by atoms with Gasteiger partial charge in [-0.2, -0.15) is 0 Å². The summed E-state index contributed by atoms with van der Waals surface area (Å²) in [6.45, 7) is 6.68. The third kappa shape index (κ3) is 2.90. The summed E-state index contributed by atoms with van der Waals surface area (Å²) in [5.74, 6) is 2.14. The molecule has 0 spiro atoms. The molecular weight excluding hydrogens is 180 g/mol. The van der Waals surface area contributed by atoms with E-state index >= 15 is 0 Å². The molecule has 2 nitrogen and oxygen atoms in total. The summed E-state index contributed by atoms with van der Waals surface area (Å²) >= 11 is 1.88. The molecule has 2 aliphatic rings. The standard InChI is InChI=1S/C10H18N2S/c1-10(2)6-12-9(13-7-10)11-5-8-3-4-8/h8H,3-7H2,1-2H3,(H,11,12). The van der Waals surface area contributed by atoms with Gasteiger partial charge in [-0.15, -0.1) is 0 Å². The van der Waals surface area contributed by atoms with Crippen LogP contribution in [0.5, 0.6) is 0 Å². The zero-order valence-electron chi connectivity index (χ0n) is 8.47. The van der Waals surface area contributed by atoms with E-state index in [1.54, 1.807) is 0 Å². The monoisotopic (exact) mass is 198 g/mol. The minimum Gasteiger partial charge on any atom is -0.365 e. The second kappa shape index (κ2) is 3.52. The highest BCUT2D eigenvalue weighted by molar-refractivity contribution is 8.13. The van der Waals surface area contributed by atoms with E-state index in [1.807, 2.05) is 11.8 Å². The predicted octanol–water partition coefficient (Wildman–Crippen LogP) is 2.12. The molecule has 1 aliphatic carbocycles. The zero-order chi connectivity index (χ0) is 9.31. The lowest BCUT2D eigenvalue weighted by molar-refractivity contribution is 0.436. The Hall–Kier alpha value is -0.180. The molecular formula is C10H18N2S. The Bertz CT molecular complexity index is 219. The van der Waals surface area contributed by atoms with Crippen molar-refractivity contribution in [1.82, 2.24) is 5.32 Å². The van der Waals surface area contributed by atoms with E-state index in [1.165, 1.54) is 23.8 Å². The van der Waals surface area contributed by atoms with Crippen molar-refractivity contribution < 1.29 is 0 Å². The molecule has 0 aromatic carbocycles. The molecule has 2 rings (SSSR count). The first-order valence-corrected chi connectivity index (χ1v) is 6.05. The number of thioether (sulfide) groups is 1. The smallest absolute Gasteiger partial charge is 0.156 e. The van der Waals surface area contributed by atoms with Crippen LogP contribution in [0.3, 0.4) is 0 Å². The van der Waals surface area contributed by atoms with Gasteiger partial charge >= 0.3 is 0 Å². The van der Waals surface area contributed by atoms with E-state index in [-0.39, 0.29) is 0 Å². The Balaban J connectivity index is 1.77. The Labute approximate surface area is 84.6 Å². The molecule has 0 atom stereocenters. The van der Waals surface area contributed by atoms with Crippen LogP contribution in [0.1, 0.15) is 26.7 Å². The van der Waals surface area contributed by atoms with Gasteiger partial charge in [-0.3, -0.25) is 4.99 Å². The number of rotatable bonds is 2. The maximum atomic E-state index is 4.55. The van der Waals surface area contributed by atoms with Crippen molar-refractivity contribution in [3.8, 4) is 0 Å². The van der Waals surface area contributed by atoms with Crippen molar-refractivity contribution in [1.29, 1.82) is 0 Å². The normalized spacial score (nSPS) is 26.8. The molecule has 0 aromatic heterocycles. The topological polar surface area (TPSA) is 24.4 Å². The number of amidine groups is 1. The maximum Gasteiger partial charge on any atom is 0.156 e. The molecule has 3 heteroatoms. The Morgan fingerprint density at radius 1 is 1.54 bits per heavy atom. The van der Waals surface area contributed by atoms with Crippen LogP contribution in [0.2, 0.25) is 0 Å². The van der Waals surface area contributed by atoms with Crippen LogP contribution in [0.15, 0.2) is 4.99 Å². The third-order valence-electron chi connectivity index (χ3n) is 2.49. The van der Waals surface area contributed by atoms with Crippen LogP contribution in [0, 0.1) is 11.3 Å². The molecule has 1 N–H and O–H groups in total. The summed E-state index contributed by atoms with van der Waals surface area (Å²) in [6, 6.07) is 0. The van der Waals surface area contributed by atoms with Crippen molar-refractivity contribution in [3.63, 3.8) is 0 Å². The number of nitrogens with one attached hydrogen (secondary N) is 1. The third-order valence-corrected chi connectivity index (χ3v) is 3.96. The molecule has 0 bridgehead atoms. The lowest BCUT2D eigenvalue weighted by Gasteiger charge is -2.27. The summed E-state index contributed by atoms with van der Waals surface area (Å²) in [5.41, 5.74) is 0.398. The van der Waals surface area contributed by atoms with E-state index in [9.17, 15) is 0 Å². The minimum atomic E-state index is 0.398. The van der Waals surface area contributed by atoms with Crippen LogP contribution in [0.4, 0.5) is 0 Å². The van der Waals surface area contributed by atoms with Crippen LogP contribution in [0.25, 0.3) is 0 Å². The molecule has 1 heterocycles. The number of nitrogens with zero attached hydrogens (tertiary/aromatic N) is 1. The van der Waals surface area contributed by atoms with E-state index in [0.29, 0.717) is 5.41 Å². The molecule has 13 heavy (non-hydrogen) atoms. The van der Waals surface area contributed by atoms with E-state index in [2.05, 4.69) is 24.2 Å². The first-order chi connectivity index (χ1) is 6.16. The predicted molar refractivity (Wildman–Crippen MR) is 59.3 cm³/mol. The molecule has 0 saturated heterocycles. The largest absolute Gasteiger partial charge is 0.365 e. The second-order valence-electron chi connectivity index (χ2n) is 4.90. The van der Waals surface area contributed by atoms with Crippen molar-refractivity contribution in [3.05, 3.63) is 0 Å². The average molecular weight is 198 g/mol. The fraction of sp³-hybridized carbons (Fsp3) is 0.900. The van der Waals surface area contributed by atoms with Gasteiger partial charge in [0.25, 0.3) is 0 Å². The van der Waals surface area contributed by atoms with Crippen LogP contribution >= 0.6 is 11.8 Å². The van der Waals surface area contributed by atoms with Gasteiger partial charge in [-0.25, -0.2) is 0 Å². The van der Waals surface area contributed by atoms with Crippen molar-refractivity contribution in [2.24, 2.45) is 16.3 Å². The first-order valence-electron chi connectivity index (χ1n) is 5.07. The van der Waals surface area contributed by atoms with Crippen LogP contribution in [-0.4, -0.2) is 24.0 Å². The van der Waals surface area contributed by atoms with Crippen LogP contribution in [-0.2, 0) is 0 Å².